The van der Waals surface area contributed by atoms with Crippen molar-refractivity contribution >= 4 is 0 Å². The Bertz CT molecular complexity index is 230. The SMILES string of the molecule is CC(C)CNCC(C(C)C)N1CCC(N(C)C)CC1. The molecule has 0 spiro atoms. The maximum Gasteiger partial charge on any atom is 0.0243 e. The minimum absolute atomic E-state index is 0.696. The average molecular weight is 269 g/mol. The van der Waals surface area contributed by atoms with Crippen LogP contribution in [0.2, 0.25) is 0 Å². The fourth-order valence-corrected chi connectivity index (χ4v) is 3.04. The highest BCUT2D eigenvalue weighted by molar-refractivity contribution is 4.84. The van der Waals surface area contributed by atoms with E-state index in [2.05, 4.69) is 56.9 Å². The Morgan fingerprint density at radius 3 is 2.05 bits per heavy atom. The van der Waals surface area contributed by atoms with Gasteiger partial charge in [-0.2, -0.15) is 0 Å². The molecule has 0 saturated carbocycles. The molecule has 0 aliphatic carbocycles. The molecule has 1 heterocycles. The summed E-state index contributed by atoms with van der Waals surface area (Å²) in [5.41, 5.74) is 0. The third-order valence-corrected chi connectivity index (χ3v) is 4.37. The minimum Gasteiger partial charge on any atom is -0.315 e. The molecule has 1 aliphatic rings. The number of nitrogens with zero attached hydrogens (tertiary/aromatic N) is 2. The molecule has 0 aromatic heterocycles. The van der Waals surface area contributed by atoms with Crippen LogP contribution >= 0.6 is 0 Å². The fourth-order valence-electron chi connectivity index (χ4n) is 3.04. The van der Waals surface area contributed by atoms with E-state index < -0.39 is 0 Å². The lowest BCUT2D eigenvalue weighted by Gasteiger charge is -2.41. The second kappa shape index (κ2) is 8.23. The lowest BCUT2D eigenvalue weighted by atomic mass is 9.96. The number of piperidine rings is 1. The summed E-state index contributed by atoms with van der Waals surface area (Å²) in [4.78, 5) is 5.09. The van der Waals surface area contributed by atoms with Crippen molar-refractivity contribution in [2.75, 3.05) is 40.3 Å². The molecule has 0 aromatic carbocycles. The van der Waals surface area contributed by atoms with Gasteiger partial charge in [0.15, 0.2) is 0 Å². The van der Waals surface area contributed by atoms with Gasteiger partial charge in [-0.1, -0.05) is 27.7 Å². The highest BCUT2D eigenvalue weighted by Crippen LogP contribution is 2.19. The molecule has 1 rings (SSSR count). The van der Waals surface area contributed by atoms with E-state index in [1.54, 1.807) is 0 Å². The maximum absolute atomic E-state index is 3.65. The van der Waals surface area contributed by atoms with Crippen LogP contribution in [0, 0.1) is 11.8 Å². The molecule has 1 fully saturated rings. The largest absolute Gasteiger partial charge is 0.315 e. The zero-order valence-electron chi connectivity index (χ0n) is 13.9. The molecule has 1 unspecified atom stereocenters. The minimum atomic E-state index is 0.696. The van der Waals surface area contributed by atoms with Gasteiger partial charge in [-0.25, -0.2) is 0 Å². The first-order valence-electron chi connectivity index (χ1n) is 8.03. The van der Waals surface area contributed by atoms with E-state index in [9.17, 15) is 0 Å². The first-order chi connectivity index (χ1) is 8.91. The highest BCUT2D eigenvalue weighted by atomic mass is 15.2. The lowest BCUT2D eigenvalue weighted by molar-refractivity contribution is 0.0860. The molecule has 0 radical (unpaired) electrons. The molecule has 3 heteroatoms. The summed E-state index contributed by atoms with van der Waals surface area (Å²) >= 11 is 0. The Labute approximate surface area is 120 Å². The highest BCUT2D eigenvalue weighted by Gasteiger charge is 2.27. The summed E-state index contributed by atoms with van der Waals surface area (Å²) in [6.07, 6.45) is 2.64. The van der Waals surface area contributed by atoms with E-state index in [-0.39, 0.29) is 0 Å². The van der Waals surface area contributed by atoms with Gasteiger partial charge in [0.05, 0.1) is 0 Å². The van der Waals surface area contributed by atoms with Gasteiger partial charge in [0.2, 0.25) is 0 Å². The number of hydrogen-bond donors (Lipinski definition) is 1. The molecular weight excluding hydrogens is 234 g/mol. The van der Waals surface area contributed by atoms with Gasteiger partial charge in [0.1, 0.15) is 0 Å². The first kappa shape index (κ1) is 16.9. The van der Waals surface area contributed by atoms with E-state index in [4.69, 9.17) is 0 Å². The van der Waals surface area contributed by atoms with Crippen molar-refractivity contribution in [3.05, 3.63) is 0 Å². The van der Waals surface area contributed by atoms with Gasteiger partial charge < -0.3 is 10.2 Å². The molecule has 19 heavy (non-hydrogen) atoms. The van der Waals surface area contributed by atoms with Crippen LogP contribution in [-0.2, 0) is 0 Å². The van der Waals surface area contributed by atoms with Crippen LogP contribution in [0.5, 0.6) is 0 Å². The first-order valence-corrected chi connectivity index (χ1v) is 8.03. The van der Waals surface area contributed by atoms with E-state index >= 15 is 0 Å². The zero-order valence-corrected chi connectivity index (χ0v) is 13.9. The van der Waals surface area contributed by atoms with Crippen LogP contribution in [0.15, 0.2) is 0 Å². The van der Waals surface area contributed by atoms with Crippen molar-refractivity contribution in [3.8, 4) is 0 Å². The van der Waals surface area contributed by atoms with Gasteiger partial charge in [-0.15, -0.1) is 0 Å². The van der Waals surface area contributed by atoms with E-state index in [1.165, 1.54) is 25.9 Å². The van der Waals surface area contributed by atoms with Gasteiger partial charge in [0, 0.05) is 18.6 Å². The predicted molar refractivity (Wildman–Crippen MR) is 84.6 cm³/mol. The second-order valence-electron chi connectivity index (χ2n) is 7.09. The van der Waals surface area contributed by atoms with Crippen LogP contribution in [-0.4, -0.2) is 62.2 Å². The number of hydrogen-bond acceptors (Lipinski definition) is 3. The van der Waals surface area contributed by atoms with Crippen LogP contribution in [0.4, 0.5) is 0 Å². The van der Waals surface area contributed by atoms with Gasteiger partial charge in [-0.05, 0) is 58.4 Å². The molecule has 1 N–H and O–H groups in total. The third-order valence-electron chi connectivity index (χ3n) is 4.37. The number of rotatable bonds is 7. The molecule has 1 saturated heterocycles. The summed E-state index contributed by atoms with van der Waals surface area (Å²) in [6.45, 7) is 14.1. The van der Waals surface area contributed by atoms with E-state index in [1.807, 2.05) is 0 Å². The van der Waals surface area contributed by atoms with Crippen LogP contribution in [0.25, 0.3) is 0 Å². The quantitative estimate of drug-likeness (QED) is 0.765. The molecule has 0 aromatic rings. The monoisotopic (exact) mass is 269 g/mol. The Kier molecular flexibility index (Phi) is 7.33. The molecule has 0 bridgehead atoms. The van der Waals surface area contributed by atoms with Crippen molar-refractivity contribution in [2.45, 2.75) is 52.6 Å². The van der Waals surface area contributed by atoms with Gasteiger partial charge in [0.25, 0.3) is 0 Å². The maximum atomic E-state index is 3.65. The molecule has 1 atom stereocenters. The van der Waals surface area contributed by atoms with Crippen molar-refractivity contribution in [2.24, 2.45) is 11.8 Å². The van der Waals surface area contributed by atoms with Crippen molar-refractivity contribution < 1.29 is 0 Å². The van der Waals surface area contributed by atoms with Gasteiger partial charge in [-0.3, -0.25) is 4.90 Å². The van der Waals surface area contributed by atoms with Gasteiger partial charge >= 0.3 is 0 Å². The molecule has 1 aliphatic heterocycles. The number of nitrogens with one attached hydrogen (secondary N) is 1. The Balaban J connectivity index is 2.40. The smallest absolute Gasteiger partial charge is 0.0243 e. The Morgan fingerprint density at radius 2 is 1.63 bits per heavy atom. The average Bonchev–Trinajstić information content (AvgIpc) is 2.34. The van der Waals surface area contributed by atoms with E-state index in [0.717, 1.165) is 31.0 Å². The third kappa shape index (κ3) is 5.80. The Morgan fingerprint density at radius 1 is 1.05 bits per heavy atom. The summed E-state index contributed by atoms with van der Waals surface area (Å²) in [7, 11) is 4.43. The normalized spacial score (nSPS) is 20.7. The number of likely N-dealkylation sites (tertiary alicyclic amines) is 1. The fraction of sp³-hybridized carbons (Fsp3) is 1.00. The van der Waals surface area contributed by atoms with Crippen molar-refractivity contribution in [1.29, 1.82) is 0 Å². The molecule has 114 valence electrons. The topological polar surface area (TPSA) is 18.5 Å². The van der Waals surface area contributed by atoms with Crippen molar-refractivity contribution in [3.63, 3.8) is 0 Å². The summed E-state index contributed by atoms with van der Waals surface area (Å²) in [6, 6.07) is 1.48. The van der Waals surface area contributed by atoms with Crippen LogP contribution in [0.1, 0.15) is 40.5 Å². The summed E-state index contributed by atoms with van der Waals surface area (Å²) in [5.74, 6) is 1.47. The molecule has 3 nitrogen and oxygen atoms in total. The summed E-state index contributed by atoms with van der Waals surface area (Å²) in [5, 5.41) is 3.65. The standard InChI is InChI=1S/C16H35N3/c1-13(2)11-17-12-16(14(3)4)19-9-7-15(8-10-19)18(5)6/h13-17H,7-12H2,1-6H3. The van der Waals surface area contributed by atoms with Crippen LogP contribution < -0.4 is 5.32 Å². The lowest BCUT2D eigenvalue weighted by Crippen LogP contribution is -2.51. The Hall–Kier alpha value is -0.120. The molecule has 0 amide bonds. The van der Waals surface area contributed by atoms with Crippen molar-refractivity contribution in [1.82, 2.24) is 15.1 Å². The summed E-state index contributed by atoms with van der Waals surface area (Å²) < 4.78 is 0. The molecular formula is C16H35N3. The predicted octanol–water partition coefficient (Wildman–Crippen LogP) is 2.28. The van der Waals surface area contributed by atoms with E-state index in [0.29, 0.717) is 6.04 Å². The van der Waals surface area contributed by atoms with Crippen LogP contribution in [0.3, 0.4) is 0 Å². The second-order valence-corrected chi connectivity index (χ2v) is 7.09. The zero-order chi connectivity index (χ0) is 14.4.